The van der Waals surface area contributed by atoms with Crippen LogP contribution in [0.2, 0.25) is 19.6 Å². The van der Waals surface area contributed by atoms with Gasteiger partial charge in [-0.2, -0.15) is 0 Å². The minimum atomic E-state index is -1.32. The Hall–Kier alpha value is -4.87. The first-order valence-corrected chi connectivity index (χ1v) is 19.6. The van der Waals surface area contributed by atoms with Crippen LogP contribution in [-0.2, 0) is 20.1 Å². The Morgan fingerprint density at radius 2 is 1.41 bits per heavy atom. The number of pyridine rings is 2. The average molecular weight is 833 g/mol. The standard InChI is InChI=1S/C27H16NO.C16H20NOSi.Ir/c1-2-7-18(8-3-1)20-13-14-22-23-11-6-12-24(27(23)29-26(22)16-20)25-15-19-9-4-5-10-21(19)17-28-25;1-12-9-15(17-11-16(12)19(3,4)5)13-7-6-8-14(10-13)18-2;/h1-11,13-17H;6,8-11H,1-5H3;/q2*-1;. The van der Waals surface area contributed by atoms with E-state index in [1.165, 1.54) is 16.3 Å². The van der Waals surface area contributed by atoms with E-state index in [1.807, 2.05) is 54.9 Å². The second kappa shape index (κ2) is 14.3. The Morgan fingerprint density at radius 1 is 0.673 bits per heavy atom. The van der Waals surface area contributed by atoms with Crippen molar-refractivity contribution >= 4 is 46.0 Å². The van der Waals surface area contributed by atoms with Gasteiger partial charge >= 0.3 is 0 Å². The molecule has 0 spiro atoms. The molecule has 1 radical (unpaired) electrons. The molecule has 0 aliphatic heterocycles. The fraction of sp³-hybridized carbons (Fsp3) is 0.116. The fourth-order valence-electron chi connectivity index (χ4n) is 6.17. The van der Waals surface area contributed by atoms with Crippen molar-refractivity contribution in [1.82, 2.24) is 9.97 Å². The first-order valence-electron chi connectivity index (χ1n) is 16.1. The topological polar surface area (TPSA) is 48.2 Å². The maximum atomic E-state index is 6.34. The Labute approximate surface area is 302 Å². The zero-order chi connectivity index (χ0) is 33.3. The molecular formula is C43H36IrN2O2Si-2. The number of rotatable bonds is 5. The molecule has 0 aliphatic rings. The van der Waals surface area contributed by atoms with Crippen molar-refractivity contribution in [3.63, 3.8) is 0 Å². The van der Waals surface area contributed by atoms with Gasteiger partial charge in [0, 0.05) is 43.6 Å². The Balaban J connectivity index is 0.000000183. The molecule has 245 valence electrons. The molecule has 3 heterocycles. The van der Waals surface area contributed by atoms with Crippen LogP contribution in [0.4, 0.5) is 0 Å². The van der Waals surface area contributed by atoms with Gasteiger partial charge in [0.15, 0.2) is 0 Å². The van der Waals surface area contributed by atoms with Crippen LogP contribution in [-0.4, -0.2) is 25.2 Å². The van der Waals surface area contributed by atoms with Gasteiger partial charge < -0.3 is 19.1 Å². The summed E-state index contributed by atoms with van der Waals surface area (Å²) in [7, 11) is 0.356. The number of ether oxygens (including phenoxy) is 1. The van der Waals surface area contributed by atoms with Crippen LogP contribution in [0.3, 0.4) is 0 Å². The van der Waals surface area contributed by atoms with Crippen molar-refractivity contribution in [3.8, 4) is 39.4 Å². The molecule has 3 aromatic heterocycles. The van der Waals surface area contributed by atoms with Crippen molar-refractivity contribution in [2.45, 2.75) is 26.6 Å². The summed E-state index contributed by atoms with van der Waals surface area (Å²) in [6, 6.07) is 45.6. The van der Waals surface area contributed by atoms with Gasteiger partial charge in [-0.1, -0.05) is 115 Å². The van der Waals surface area contributed by atoms with E-state index in [2.05, 4.69) is 121 Å². The normalized spacial score (nSPS) is 11.2. The maximum absolute atomic E-state index is 6.34. The molecule has 0 unspecified atom stereocenters. The summed E-state index contributed by atoms with van der Waals surface area (Å²) in [4.78, 5) is 9.27. The largest absolute Gasteiger partial charge is 0.516 e. The van der Waals surface area contributed by atoms with Gasteiger partial charge in [-0.25, -0.2) is 0 Å². The van der Waals surface area contributed by atoms with E-state index in [0.29, 0.717) is 0 Å². The van der Waals surface area contributed by atoms with E-state index >= 15 is 0 Å². The SMILES string of the molecule is COc1cc[c-]c(-c2cc(C)c([Si](C)(C)C)cn2)c1.[Ir].[c-]1ccc2c(oc3cc(-c4ccccc4)ccc32)c1-c1cc2ccccc2cn1. The molecule has 0 saturated carbocycles. The van der Waals surface area contributed by atoms with Crippen molar-refractivity contribution in [1.29, 1.82) is 0 Å². The minimum Gasteiger partial charge on any atom is -0.516 e. The van der Waals surface area contributed by atoms with Crippen molar-refractivity contribution in [3.05, 3.63) is 145 Å². The fourth-order valence-corrected chi connectivity index (χ4v) is 7.88. The van der Waals surface area contributed by atoms with Gasteiger partial charge in [0.05, 0.1) is 20.8 Å². The van der Waals surface area contributed by atoms with E-state index in [0.717, 1.165) is 66.5 Å². The van der Waals surface area contributed by atoms with Crippen molar-refractivity contribution in [2.24, 2.45) is 0 Å². The molecular weight excluding hydrogens is 797 g/mol. The smallest absolute Gasteiger partial charge is 0.121 e. The number of aryl methyl sites for hydroxylation is 1. The third kappa shape index (κ3) is 7.13. The summed E-state index contributed by atoms with van der Waals surface area (Å²) in [6.07, 6.45) is 3.94. The van der Waals surface area contributed by atoms with Crippen molar-refractivity contribution in [2.75, 3.05) is 7.11 Å². The zero-order valence-electron chi connectivity index (χ0n) is 28.2. The van der Waals surface area contributed by atoms with Crippen LogP contribution < -0.4 is 9.92 Å². The molecule has 0 atom stereocenters. The number of methoxy groups -OCH3 is 1. The predicted molar refractivity (Wildman–Crippen MR) is 202 cm³/mol. The quantitative estimate of drug-likeness (QED) is 0.128. The molecule has 0 bridgehead atoms. The van der Waals surface area contributed by atoms with Gasteiger partial charge in [-0.15, -0.1) is 48.0 Å². The Morgan fingerprint density at radius 3 is 2.16 bits per heavy atom. The van der Waals surface area contributed by atoms with Crippen LogP contribution >= 0.6 is 0 Å². The molecule has 4 nitrogen and oxygen atoms in total. The van der Waals surface area contributed by atoms with Crippen LogP contribution in [0, 0.1) is 19.1 Å². The van der Waals surface area contributed by atoms with Crippen LogP contribution in [0.1, 0.15) is 5.56 Å². The Kier molecular flexibility index (Phi) is 9.93. The average Bonchev–Trinajstić information content (AvgIpc) is 3.50. The first kappa shape index (κ1) is 34.0. The predicted octanol–water partition coefficient (Wildman–Crippen LogP) is 10.7. The number of aromatic nitrogens is 2. The first-order chi connectivity index (χ1) is 23.3. The zero-order valence-corrected chi connectivity index (χ0v) is 31.6. The molecule has 49 heavy (non-hydrogen) atoms. The molecule has 6 heteroatoms. The van der Waals surface area contributed by atoms with E-state index < -0.39 is 8.07 Å². The molecule has 0 amide bonds. The monoisotopic (exact) mass is 833 g/mol. The minimum absolute atomic E-state index is 0. The van der Waals surface area contributed by atoms with Gasteiger partial charge in [-0.05, 0) is 51.5 Å². The van der Waals surface area contributed by atoms with Gasteiger partial charge in [0.25, 0.3) is 0 Å². The van der Waals surface area contributed by atoms with Gasteiger partial charge in [-0.3, -0.25) is 0 Å². The molecule has 8 aromatic rings. The maximum Gasteiger partial charge on any atom is 0.121 e. The third-order valence-corrected chi connectivity index (χ3v) is 10.8. The summed E-state index contributed by atoms with van der Waals surface area (Å²) < 4.78 is 11.6. The molecule has 0 fully saturated rings. The number of hydrogen-bond donors (Lipinski definition) is 0. The summed E-state index contributed by atoms with van der Waals surface area (Å²) >= 11 is 0. The van der Waals surface area contributed by atoms with Crippen LogP contribution in [0.25, 0.3) is 66.4 Å². The van der Waals surface area contributed by atoms with Crippen LogP contribution in [0.15, 0.2) is 132 Å². The summed E-state index contributed by atoms with van der Waals surface area (Å²) in [5, 5.41) is 5.89. The summed E-state index contributed by atoms with van der Waals surface area (Å²) in [5.74, 6) is 0.836. The molecule has 0 aliphatic carbocycles. The number of fused-ring (bicyclic) bond motifs is 4. The molecule has 0 saturated heterocycles. The van der Waals surface area contributed by atoms with Gasteiger partial charge in [0.1, 0.15) is 5.58 Å². The van der Waals surface area contributed by atoms with E-state index in [9.17, 15) is 0 Å². The van der Waals surface area contributed by atoms with E-state index in [4.69, 9.17) is 9.15 Å². The van der Waals surface area contributed by atoms with E-state index in [-0.39, 0.29) is 20.1 Å². The molecule has 5 aromatic carbocycles. The summed E-state index contributed by atoms with van der Waals surface area (Å²) in [5.41, 5.74) is 9.05. The second-order valence-corrected chi connectivity index (χ2v) is 18.0. The summed E-state index contributed by atoms with van der Waals surface area (Å²) in [6.45, 7) is 9.19. The molecule has 0 N–H and O–H groups in total. The number of hydrogen-bond acceptors (Lipinski definition) is 4. The number of nitrogens with zero attached hydrogens (tertiary/aromatic N) is 2. The number of furan rings is 1. The van der Waals surface area contributed by atoms with Gasteiger partial charge in [0.2, 0.25) is 0 Å². The second-order valence-electron chi connectivity index (χ2n) is 13.0. The third-order valence-electron chi connectivity index (χ3n) is 8.63. The van der Waals surface area contributed by atoms with Crippen LogP contribution in [0.5, 0.6) is 5.75 Å². The van der Waals surface area contributed by atoms with E-state index in [1.54, 1.807) is 7.11 Å². The number of benzene rings is 5. The molecule has 8 rings (SSSR count). The van der Waals surface area contributed by atoms with Crippen molar-refractivity contribution < 1.29 is 29.3 Å². The Bertz CT molecular complexity index is 2400.